The van der Waals surface area contributed by atoms with Gasteiger partial charge in [-0.05, 0) is 83.3 Å². The molecule has 2 N–H and O–H groups in total. The Morgan fingerprint density at radius 3 is 1.21 bits per heavy atom. The van der Waals surface area contributed by atoms with Gasteiger partial charge in [0.25, 0.3) is 11.4 Å². The molecule has 0 amide bonds. The van der Waals surface area contributed by atoms with Crippen LogP contribution in [0.15, 0.2) is 127 Å². The van der Waals surface area contributed by atoms with E-state index >= 15 is 0 Å². The van der Waals surface area contributed by atoms with E-state index in [1.54, 1.807) is 12.1 Å². The van der Waals surface area contributed by atoms with Gasteiger partial charge in [0.05, 0.1) is 31.0 Å². The zero-order chi connectivity index (χ0) is 40.9. The first-order valence-electron chi connectivity index (χ1n) is 16.2. The van der Waals surface area contributed by atoms with Crippen molar-refractivity contribution < 1.29 is 46.0 Å². The normalized spacial score (nSPS) is 11.7. The molecule has 0 radical (unpaired) electrons. The summed E-state index contributed by atoms with van der Waals surface area (Å²) in [5.74, 6) is -0.560. The van der Waals surface area contributed by atoms with Gasteiger partial charge < -0.3 is 19.3 Å². The number of azo groups is 2. The topological polar surface area (TPSA) is 291 Å². The molecule has 0 unspecified atom stereocenters. The summed E-state index contributed by atoms with van der Waals surface area (Å²) in [6.07, 6.45) is 1.10. The Bertz CT molecular complexity index is 2640. The molecule has 0 aliphatic heterocycles. The number of hydrogen-bond donors (Lipinski definition) is 2. The quantitative estimate of drug-likeness (QED) is 0.0431. The van der Waals surface area contributed by atoms with Gasteiger partial charge in [0.1, 0.15) is 43.1 Å². The van der Waals surface area contributed by atoms with Gasteiger partial charge in [-0.3, -0.25) is 20.2 Å². The molecule has 6 aromatic rings. The number of hydrogen-bond acceptors (Lipinski definition) is 16. The Balaban J connectivity index is 0.000000248. The summed E-state index contributed by atoms with van der Waals surface area (Å²) >= 11 is 0. The molecule has 21 heteroatoms. The molecular formula is C36H28BaN6O12S2. The third-order valence-corrected chi connectivity index (χ3v) is 9.82. The van der Waals surface area contributed by atoms with Gasteiger partial charge in [-0.1, -0.05) is 38.1 Å². The average molecular weight is 938 g/mol. The van der Waals surface area contributed by atoms with E-state index in [0.29, 0.717) is 34.7 Å². The zero-order valence-corrected chi connectivity index (χ0v) is 35.9. The first kappa shape index (κ1) is 44.5. The van der Waals surface area contributed by atoms with Crippen molar-refractivity contribution in [3.8, 4) is 11.5 Å². The summed E-state index contributed by atoms with van der Waals surface area (Å²) in [6.45, 7) is 3.67. The number of phenols is 2. The van der Waals surface area contributed by atoms with Crippen LogP contribution in [-0.2, 0) is 33.1 Å². The molecule has 0 aliphatic carbocycles. The number of fused-ring (bicyclic) bond motifs is 2. The van der Waals surface area contributed by atoms with E-state index in [4.69, 9.17) is 0 Å². The van der Waals surface area contributed by atoms with Gasteiger partial charge >= 0.3 is 48.9 Å². The maximum absolute atomic E-state index is 11.3. The number of nitro groups is 2. The molecule has 0 spiro atoms. The van der Waals surface area contributed by atoms with Gasteiger partial charge in [-0.2, -0.15) is 10.2 Å². The molecule has 0 atom stereocenters. The van der Waals surface area contributed by atoms with E-state index in [0.717, 1.165) is 24.3 Å². The molecule has 6 aromatic carbocycles. The second-order valence-corrected chi connectivity index (χ2v) is 14.6. The number of nitro benzene ring substituents is 2. The molecule has 57 heavy (non-hydrogen) atoms. The summed E-state index contributed by atoms with van der Waals surface area (Å²) in [4.78, 5) is 20.1. The van der Waals surface area contributed by atoms with Gasteiger partial charge in [-0.15, -0.1) is 10.2 Å². The summed E-state index contributed by atoms with van der Waals surface area (Å²) in [5, 5.41) is 59.7. The summed E-state index contributed by atoms with van der Waals surface area (Å²) in [6, 6.07) is 21.7. The number of rotatable bonds is 10. The molecule has 288 valence electrons. The number of nitrogens with zero attached hydrogens (tertiary/aromatic N) is 6. The minimum absolute atomic E-state index is 0. The minimum atomic E-state index is -4.69. The predicted molar refractivity (Wildman–Crippen MR) is 206 cm³/mol. The fourth-order valence-corrected chi connectivity index (χ4v) is 6.32. The van der Waals surface area contributed by atoms with Crippen molar-refractivity contribution in [3.05, 3.63) is 128 Å². The largest absolute Gasteiger partial charge is 2.00 e. The average Bonchev–Trinajstić information content (AvgIpc) is 3.15. The zero-order valence-electron chi connectivity index (χ0n) is 29.8. The SMILES string of the molecule is CCc1cc(N=Nc2c(O)ccc3ccc(S(=O)(=O)[O-])cc23)cc([N+](=O)[O-])c1.CCc1cc(N=Nc2c(O)ccc3ccc(S(=O)(=O)[O-])cc23)cc([N+](=O)[O-])c1.[Ba+2]. The number of phenolic OH excluding ortho intramolecular Hbond substituents is 2. The van der Waals surface area contributed by atoms with E-state index in [1.807, 2.05) is 13.8 Å². The van der Waals surface area contributed by atoms with Crippen LogP contribution in [0.25, 0.3) is 21.5 Å². The van der Waals surface area contributed by atoms with Crippen LogP contribution < -0.4 is 0 Å². The molecule has 0 saturated carbocycles. The van der Waals surface area contributed by atoms with Crippen LogP contribution in [0.1, 0.15) is 25.0 Å². The summed E-state index contributed by atoms with van der Waals surface area (Å²) < 4.78 is 67.7. The second kappa shape index (κ2) is 18.4. The number of non-ortho nitro benzene ring substituents is 2. The summed E-state index contributed by atoms with van der Waals surface area (Å²) in [5.41, 5.74) is 1.39. The molecule has 0 fully saturated rings. The van der Waals surface area contributed by atoms with E-state index in [2.05, 4.69) is 20.5 Å². The van der Waals surface area contributed by atoms with Crippen LogP contribution in [0.2, 0.25) is 0 Å². The van der Waals surface area contributed by atoms with E-state index < -0.39 is 39.9 Å². The van der Waals surface area contributed by atoms with Gasteiger partial charge in [0, 0.05) is 35.0 Å². The number of aromatic hydroxyl groups is 2. The van der Waals surface area contributed by atoms with Gasteiger partial charge in [0.2, 0.25) is 0 Å². The molecule has 0 heterocycles. The van der Waals surface area contributed by atoms with E-state index in [1.165, 1.54) is 60.7 Å². The molecule has 0 bridgehead atoms. The van der Waals surface area contributed by atoms with Crippen LogP contribution in [-0.4, -0.2) is 94.9 Å². The van der Waals surface area contributed by atoms with Crippen LogP contribution in [0.4, 0.5) is 34.1 Å². The van der Waals surface area contributed by atoms with Gasteiger partial charge in [0.15, 0.2) is 0 Å². The maximum Gasteiger partial charge on any atom is 2.00 e. The van der Waals surface area contributed by atoms with E-state index in [-0.39, 0.29) is 105 Å². The van der Waals surface area contributed by atoms with Crippen molar-refractivity contribution in [3.63, 3.8) is 0 Å². The molecule has 0 aromatic heterocycles. The standard InChI is InChI=1S/2C18H15N3O6S.Ba/c2*1-2-11-7-13(9-14(8-11)21(23)24)19-20-18-16-10-15(28(25,26)27)5-3-12(16)4-6-17(18)22;/h2*3-10,22H,2H2,1H3,(H,25,26,27);/q;;+2/p-2. The van der Waals surface area contributed by atoms with Crippen LogP contribution in [0.3, 0.4) is 0 Å². The molecule has 6 rings (SSSR count). The van der Waals surface area contributed by atoms with Crippen molar-refractivity contribution in [2.75, 3.05) is 0 Å². The van der Waals surface area contributed by atoms with Crippen LogP contribution in [0.5, 0.6) is 11.5 Å². The third kappa shape index (κ3) is 11.0. The smallest absolute Gasteiger partial charge is 0.744 e. The van der Waals surface area contributed by atoms with Crippen molar-refractivity contribution in [1.29, 1.82) is 0 Å². The Morgan fingerprint density at radius 1 is 0.544 bits per heavy atom. The number of aryl methyl sites for hydroxylation is 2. The van der Waals surface area contributed by atoms with Crippen LogP contribution >= 0.6 is 0 Å². The van der Waals surface area contributed by atoms with Gasteiger partial charge in [-0.25, -0.2) is 16.8 Å². The first-order chi connectivity index (χ1) is 26.4. The van der Waals surface area contributed by atoms with Crippen molar-refractivity contribution in [1.82, 2.24) is 0 Å². The minimum Gasteiger partial charge on any atom is -0.744 e. The van der Waals surface area contributed by atoms with Crippen molar-refractivity contribution >= 4 is 125 Å². The van der Waals surface area contributed by atoms with E-state index in [9.17, 15) is 56.4 Å². The summed E-state index contributed by atoms with van der Waals surface area (Å²) in [7, 11) is -9.39. The molecule has 0 aliphatic rings. The Hall–Kier alpha value is -5.17. The number of benzene rings is 6. The molecule has 18 nitrogen and oxygen atoms in total. The Kier molecular flexibility index (Phi) is 14.4. The first-order valence-corrected chi connectivity index (χ1v) is 19.0. The Labute approximate surface area is 364 Å². The third-order valence-electron chi connectivity index (χ3n) is 8.16. The monoisotopic (exact) mass is 938 g/mol. The maximum atomic E-state index is 11.3. The fourth-order valence-electron chi connectivity index (χ4n) is 5.33. The second-order valence-electron chi connectivity index (χ2n) is 11.9. The Morgan fingerprint density at radius 2 is 0.895 bits per heavy atom. The van der Waals surface area contributed by atoms with Crippen LogP contribution in [0, 0.1) is 20.2 Å². The van der Waals surface area contributed by atoms with Crippen molar-refractivity contribution in [2.45, 2.75) is 36.5 Å². The molecular weight excluding hydrogens is 910 g/mol. The van der Waals surface area contributed by atoms with Crippen molar-refractivity contribution in [2.24, 2.45) is 20.5 Å². The predicted octanol–water partition coefficient (Wildman–Crippen LogP) is 8.29. The fraction of sp³-hybridized carbons (Fsp3) is 0.111. The molecule has 0 saturated heterocycles.